The van der Waals surface area contributed by atoms with Crippen molar-refractivity contribution in [3.05, 3.63) is 65.7 Å². The third kappa shape index (κ3) is 3.02. The van der Waals surface area contributed by atoms with Gasteiger partial charge in [0.2, 0.25) is 0 Å². The van der Waals surface area contributed by atoms with Crippen LogP contribution in [0.15, 0.2) is 54.6 Å². The monoisotopic (exact) mass is 251 g/mol. The number of carbonyl (C=O) groups is 1. The van der Waals surface area contributed by atoms with Crippen LogP contribution in [-0.4, -0.2) is 5.91 Å². The summed E-state index contributed by atoms with van der Waals surface area (Å²) in [5.74, 6) is 0.777. The largest absolute Gasteiger partial charge is 0.322 e. The van der Waals surface area contributed by atoms with Gasteiger partial charge in [0, 0.05) is 11.3 Å². The highest BCUT2D eigenvalue weighted by atomic mass is 16.1. The van der Waals surface area contributed by atoms with Gasteiger partial charge in [-0.1, -0.05) is 36.4 Å². The summed E-state index contributed by atoms with van der Waals surface area (Å²) in [6.45, 7) is 0. The van der Waals surface area contributed by atoms with Gasteiger partial charge in [0.05, 0.1) is 0 Å². The zero-order valence-electron chi connectivity index (χ0n) is 10.8. The molecule has 0 bridgehead atoms. The van der Waals surface area contributed by atoms with E-state index in [-0.39, 0.29) is 5.91 Å². The van der Waals surface area contributed by atoms with Crippen molar-refractivity contribution in [2.45, 2.75) is 19.3 Å². The lowest BCUT2D eigenvalue weighted by atomic mass is 10.1. The number of hydrogen-bond donors (Lipinski definition) is 1. The van der Waals surface area contributed by atoms with Gasteiger partial charge in [0.15, 0.2) is 0 Å². The molecule has 96 valence electrons. The number of carbonyl (C=O) groups excluding carboxylic acids is 1. The highest BCUT2D eigenvalue weighted by Gasteiger charge is 2.22. The van der Waals surface area contributed by atoms with Crippen LogP contribution in [-0.2, 0) is 6.42 Å². The number of hydrogen-bond acceptors (Lipinski definition) is 1. The molecule has 1 amide bonds. The predicted octanol–water partition coefficient (Wildman–Crippen LogP) is 3.89. The molecule has 0 heterocycles. The van der Waals surface area contributed by atoms with E-state index >= 15 is 0 Å². The molecule has 0 aromatic heterocycles. The van der Waals surface area contributed by atoms with Gasteiger partial charge in [-0.3, -0.25) is 4.79 Å². The minimum atomic E-state index is -0.0381. The Bertz CT molecular complexity index is 573. The van der Waals surface area contributed by atoms with Crippen LogP contribution < -0.4 is 5.32 Å². The van der Waals surface area contributed by atoms with E-state index in [4.69, 9.17) is 0 Å². The maximum absolute atomic E-state index is 12.2. The minimum absolute atomic E-state index is 0.0381. The summed E-state index contributed by atoms with van der Waals surface area (Å²) in [4.78, 5) is 12.2. The molecule has 0 aliphatic heterocycles. The molecule has 3 rings (SSSR count). The maximum atomic E-state index is 12.2. The second-order valence-electron chi connectivity index (χ2n) is 5.12. The van der Waals surface area contributed by atoms with Gasteiger partial charge in [-0.2, -0.15) is 0 Å². The molecule has 1 saturated carbocycles. The first-order chi connectivity index (χ1) is 9.33. The van der Waals surface area contributed by atoms with Crippen molar-refractivity contribution < 1.29 is 4.79 Å². The molecule has 0 spiro atoms. The van der Waals surface area contributed by atoms with E-state index in [1.165, 1.54) is 18.4 Å². The third-order valence-electron chi connectivity index (χ3n) is 3.51. The molecule has 2 aromatic rings. The molecule has 1 N–H and O–H groups in total. The van der Waals surface area contributed by atoms with Gasteiger partial charge in [-0.05, 0) is 48.9 Å². The number of nitrogens with one attached hydrogen (secondary N) is 1. The van der Waals surface area contributed by atoms with E-state index in [9.17, 15) is 4.79 Å². The topological polar surface area (TPSA) is 29.1 Å². The smallest absolute Gasteiger partial charge is 0.255 e. The molecule has 1 fully saturated rings. The summed E-state index contributed by atoms with van der Waals surface area (Å²) in [7, 11) is 0. The molecule has 2 nitrogen and oxygen atoms in total. The Morgan fingerprint density at radius 2 is 1.68 bits per heavy atom. The van der Waals surface area contributed by atoms with Crippen molar-refractivity contribution >= 4 is 11.6 Å². The Balaban J connectivity index is 1.77. The van der Waals surface area contributed by atoms with Crippen LogP contribution in [0.1, 0.15) is 28.8 Å². The van der Waals surface area contributed by atoms with E-state index in [1.807, 2.05) is 48.5 Å². The predicted molar refractivity (Wildman–Crippen MR) is 77.3 cm³/mol. The molecule has 0 atom stereocenters. The van der Waals surface area contributed by atoms with Gasteiger partial charge >= 0.3 is 0 Å². The van der Waals surface area contributed by atoms with E-state index in [1.54, 1.807) is 0 Å². The van der Waals surface area contributed by atoms with E-state index in [0.717, 1.165) is 18.0 Å². The number of amides is 1. The summed E-state index contributed by atoms with van der Waals surface area (Å²) in [6, 6.07) is 17.4. The van der Waals surface area contributed by atoms with E-state index in [0.29, 0.717) is 5.56 Å². The first kappa shape index (κ1) is 12.0. The Hall–Kier alpha value is -2.09. The first-order valence-corrected chi connectivity index (χ1v) is 6.77. The van der Waals surface area contributed by atoms with Crippen LogP contribution in [0.5, 0.6) is 0 Å². The fourth-order valence-electron chi connectivity index (χ4n) is 2.24. The lowest BCUT2D eigenvalue weighted by Gasteiger charge is -2.10. The molecule has 0 radical (unpaired) electrons. The normalized spacial score (nSPS) is 14.1. The average Bonchev–Trinajstić information content (AvgIpc) is 3.26. The standard InChI is InChI=1S/C17H17NO/c19-17(14-6-2-1-3-7-14)18-16-9-5-4-8-15(16)12-13-10-11-13/h1-9,13H,10-12H2,(H,18,19). The zero-order chi connectivity index (χ0) is 13.1. The van der Waals surface area contributed by atoms with Crippen molar-refractivity contribution in [3.63, 3.8) is 0 Å². The van der Waals surface area contributed by atoms with Crippen LogP contribution in [0.25, 0.3) is 0 Å². The molecule has 0 saturated heterocycles. The summed E-state index contributed by atoms with van der Waals surface area (Å²) in [6.07, 6.45) is 3.72. The summed E-state index contributed by atoms with van der Waals surface area (Å²) < 4.78 is 0. The van der Waals surface area contributed by atoms with Crippen molar-refractivity contribution in [1.82, 2.24) is 0 Å². The quantitative estimate of drug-likeness (QED) is 0.877. The van der Waals surface area contributed by atoms with Gasteiger partial charge in [0.25, 0.3) is 5.91 Å². The number of anilines is 1. The fraction of sp³-hybridized carbons (Fsp3) is 0.235. The van der Waals surface area contributed by atoms with Crippen LogP contribution in [0.2, 0.25) is 0 Å². The second-order valence-corrected chi connectivity index (χ2v) is 5.12. The van der Waals surface area contributed by atoms with Crippen LogP contribution in [0.4, 0.5) is 5.69 Å². The van der Waals surface area contributed by atoms with Gasteiger partial charge in [0.1, 0.15) is 0 Å². The highest BCUT2D eigenvalue weighted by Crippen LogP contribution is 2.34. The lowest BCUT2D eigenvalue weighted by Crippen LogP contribution is -2.13. The van der Waals surface area contributed by atoms with E-state index < -0.39 is 0 Å². The SMILES string of the molecule is O=C(Nc1ccccc1CC1CC1)c1ccccc1. The van der Waals surface area contributed by atoms with E-state index in [2.05, 4.69) is 11.4 Å². The second kappa shape index (κ2) is 5.27. The van der Waals surface area contributed by atoms with Crippen molar-refractivity contribution in [2.75, 3.05) is 5.32 Å². The van der Waals surface area contributed by atoms with Crippen molar-refractivity contribution in [3.8, 4) is 0 Å². The Kier molecular flexibility index (Phi) is 3.32. The van der Waals surface area contributed by atoms with Crippen molar-refractivity contribution in [1.29, 1.82) is 0 Å². The Morgan fingerprint density at radius 1 is 1.00 bits per heavy atom. The number of para-hydroxylation sites is 1. The first-order valence-electron chi connectivity index (χ1n) is 6.77. The fourth-order valence-corrected chi connectivity index (χ4v) is 2.24. The molecule has 19 heavy (non-hydrogen) atoms. The Morgan fingerprint density at radius 3 is 2.42 bits per heavy atom. The molecule has 2 aromatic carbocycles. The minimum Gasteiger partial charge on any atom is -0.322 e. The molecule has 1 aliphatic carbocycles. The summed E-state index contributed by atoms with van der Waals surface area (Å²) in [5, 5.41) is 3.02. The van der Waals surface area contributed by atoms with Gasteiger partial charge < -0.3 is 5.32 Å². The summed E-state index contributed by atoms with van der Waals surface area (Å²) in [5.41, 5.74) is 2.89. The molecule has 1 aliphatic rings. The van der Waals surface area contributed by atoms with Crippen LogP contribution in [0.3, 0.4) is 0 Å². The molecule has 0 unspecified atom stereocenters. The van der Waals surface area contributed by atoms with Crippen LogP contribution in [0, 0.1) is 5.92 Å². The number of rotatable bonds is 4. The average molecular weight is 251 g/mol. The number of benzene rings is 2. The third-order valence-corrected chi connectivity index (χ3v) is 3.51. The Labute approximate surface area is 113 Å². The zero-order valence-corrected chi connectivity index (χ0v) is 10.8. The lowest BCUT2D eigenvalue weighted by molar-refractivity contribution is 0.102. The molecular weight excluding hydrogens is 234 g/mol. The maximum Gasteiger partial charge on any atom is 0.255 e. The van der Waals surface area contributed by atoms with Gasteiger partial charge in [-0.15, -0.1) is 0 Å². The summed E-state index contributed by atoms with van der Waals surface area (Å²) >= 11 is 0. The van der Waals surface area contributed by atoms with Crippen LogP contribution >= 0.6 is 0 Å². The van der Waals surface area contributed by atoms with Crippen molar-refractivity contribution in [2.24, 2.45) is 5.92 Å². The van der Waals surface area contributed by atoms with Gasteiger partial charge in [-0.25, -0.2) is 0 Å². The molecular formula is C17H17NO. The molecule has 2 heteroatoms. The highest BCUT2D eigenvalue weighted by molar-refractivity contribution is 6.04.